The summed E-state index contributed by atoms with van der Waals surface area (Å²) in [5, 5.41) is 6.89. The van der Waals surface area contributed by atoms with Crippen molar-refractivity contribution in [2.45, 2.75) is 26.3 Å². The third kappa shape index (κ3) is 5.21. The highest BCUT2D eigenvalue weighted by Crippen LogP contribution is 2.22. The standard InChI is InChI=1S/C23H23FN4O3/c1-15(29)18-3-2-4-20(13-18)25-23(30)17-9-11-28(12-10-17)14-21-26-22(27-31-21)16-5-7-19(24)8-6-16/h2-8,13,17H,9-12,14H2,1H3,(H,25,30). The minimum Gasteiger partial charge on any atom is -0.338 e. The molecule has 0 saturated carbocycles. The van der Waals surface area contributed by atoms with Crippen molar-refractivity contribution in [2.75, 3.05) is 18.4 Å². The summed E-state index contributed by atoms with van der Waals surface area (Å²) in [6, 6.07) is 12.9. The van der Waals surface area contributed by atoms with E-state index in [9.17, 15) is 14.0 Å². The molecule has 1 aromatic heterocycles. The van der Waals surface area contributed by atoms with Crippen LogP contribution in [0.15, 0.2) is 53.1 Å². The van der Waals surface area contributed by atoms with E-state index >= 15 is 0 Å². The molecular formula is C23H23FN4O3. The first-order valence-corrected chi connectivity index (χ1v) is 10.2. The lowest BCUT2D eigenvalue weighted by molar-refractivity contribution is -0.121. The SMILES string of the molecule is CC(=O)c1cccc(NC(=O)C2CCN(Cc3nc(-c4ccc(F)cc4)no3)CC2)c1. The third-order valence-corrected chi connectivity index (χ3v) is 5.42. The Kier molecular flexibility index (Phi) is 6.18. The van der Waals surface area contributed by atoms with Crippen molar-refractivity contribution in [1.29, 1.82) is 0 Å². The van der Waals surface area contributed by atoms with Crippen LogP contribution in [0.4, 0.5) is 10.1 Å². The molecule has 0 atom stereocenters. The fourth-order valence-electron chi connectivity index (χ4n) is 3.64. The number of aromatic nitrogens is 2. The Labute approximate surface area is 179 Å². The zero-order chi connectivity index (χ0) is 21.8. The largest absolute Gasteiger partial charge is 0.338 e. The topological polar surface area (TPSA) is 88.3 Å². The van der Waals surface area contributed by atoms with Crippen molar-refractivity contribution in [3.63, 3.8) is 0 Å². The summed E-state index contributed by atoms with van der Waals surface area (Å²) in [5.41, 5.74) is 1.91. The van der Waals surface area contributed by atoms with Gasteiger partial charge >= 0.3 is 0 Å². The first-order chi connectivity index (χ1) is 15.0. The molecule has 2 heterocycles. The van der Waals surface area contributed by atoms with Gasteiger partial charge in [-0.2, -0.15) is 4.98 Å². The quantitative estimate of drug-likeness (QED) is 0.606. The van der Waals surface area contributed by atoms with Gasteiger partial charge in [0.15, 0.2) is 5.78 Å². The number of hydrogen-bond donors (Lipinski definition) is 1. The highest BCUT2D eigenvalue weighted by molar-refractivity contribution is 5.97. The number of likely N-dealkylation sites (tertiary alicyclic amines) is 1. The lowest BCUT2D eigenvalue weighted by Crippen LogP contribution is -2.37. The maximum atomic E-state index is 13.1. The van der Waals surface area contributed by atoms with Gasteiger partial charge in [0.25, 0.3) is 0 Å². The molecule has 2 aromatic carbocycles. The van der Waals surface area contributed by atoms with Gasteiger partial charge in [-0.15, -0.1) is 0 Å². The molecule has 1 N–H and O–H groups in total. The number of nitrogens with zero attached hydrogens (tertiary/aromatic N) is 3. The number of carbonyl (C=O) groups excluding carboxylic acids is 2. The van der Waals surface area contributed by atoms with Crippen LogP contribution in [0.25, 0.3) is 11.4 Å². The lowest BCUT2D eigenvalue weighted by atomic mass is 9.95. The summed E-state index contributed by atoms with van der Waals surface area (Å²) < 4.78 is 18.4. The summed E-state index contributed by atoms with van der Waals surface area (Å²) >= 11 is 0. The number of piperidine rings is 1. The highest BCUT2D eigenvalue weighted by atomic mass is 19.1. The minimum atomic E-state index is -0.314. The number of amides is 1. The monoisotopic (exact) mass is 422 g/mol. The van der Waals surface area contributed by atoms with E-state index in [1.165, 1.54) is 19.1 Å². The number of ketones is 1. The second-order valence-electron chi connectivity index (χ2n) is 7.70. The van der Waals surface area contributed by atoms with Gasteiger partial charge in [-0.1, -0.05) is 17.3 Å². The Balaban J connectivity index is 1.29. The van der Waals surface area contributed by atoms with Crippen LogP contribution in [0.1, 0.15) is 36.0 Å². The highest BCUT2D eigenvalue weighted by Gasteiger charge is 2.26. The molecule has 8 heteroatoms. The summed E-state index contributed by atoms with van der Waals surface area (Å²) in [7, 11) is 0. The second kappa shape index (κ2) is 9.18. The zero-order valence-corrected chi connectivity index (χ0v) is 17.2. The molecule has 1 amide bonds. The van der Waals surface area contributed by atoms with E-state index in [0.29, 0.717) is 35.1 Å². The summed E-state index contributed by atoms with van der Waals surface area (Å²) in [6.07, 6.45) is 1.44. The van der Waals surface area contributed by atoms with Crippen molar-refractivity contribution < 1.29 is 18.5 Å². The average Bonchev–Trinajstić information content (AvgIpc) is 3.23. The predicted molar refractivity (Wildman–Crippen MR) is 113 cm³/mol. The smallest absolute Gasteiger partial charge is 0.241 e. The van der Waals surface area contributed by atoms with Gasteiger partial charge in [-0.25, -0.2) is 4.39 Å². The van der Waals surface area contributed by atoms with Crippen LogP contribution in [0.2, 0.25) is 0 Å². The van der Waals surface area contributed by atoms with E-state index in [-0.39, 0.29) is 23.4 Å². The fourth-order valence-corrected chi connectivity index (χ4v) is 3.64. The lowest BCUT2D eigenvalue weighted by Gasteiger charge is -2.30. The Morgan fingerprint density at radius 1 is 1.16 bits per heavy atom. The Morgan fingerprint density at radius 2 is 1.90 bits per heavy atom. The van der Waals surface area contributed by atoms with Crippen LogP contribution < -0.4 is 5.32 Å². The molecule has 4 rings (SSSR count). The van der Waals surface area contributed by atoms with Crippen LogP contribution in [0.5, 0.6) is 0 Å². The van der Waals surface area contributed by atoms with Crippen molar-refractivity contribution in [3.8, 4) is 11.4 Å². The van der Waals surface area contributed by atoms with E-state index in [4.69, 9.17) is 4.52 Å². The average molecular weight is 422 g/mol. The number of Topliss-reactive ketones (excluding diaryl/α,β-unsaturated/α-hetero) is 1. The van der Waals surface area contributed by atoms with Gasteiger partial charge < -0.3 is 9.84 Å². The van der Waals surface area contributed by atoms with Gasteiger partial charge in [-0.3, -0.25) is 14.5 Å². The fraction of sp³-hybridized carbons (Fsp3) is 0.304. The maximum Gasteiger partial charge on any atom is 0.241 e. The molecule has 0 spiro atoms. The Bertz CT molecular complexity index is 1070. The molecule has 7 nitrogen and oxygen atoms in total. The number of rotatable bonds is 6. The molecule has 160 valence electrons. The van der Waals surface area contributed by atoms with Crippen molar-refractivity contribution >= 4 is 17.4 Å². The summed E-state index contributed by atoms with van der Waals surface area (Å²) in [6.45, 7) is 3.48. The molecule has 1 aliphatic heterocycles. The number of halogens is 1. The van der Waals surface area contributed by atoms with Gasteiger partial charge in [-0.05, 0) is 69.3 Å². The van der Waals surface area contributed by atoms with E-state index < -0.39 is 0 Å². The van der Waals surface area contributed by atoms with E-state index in [2.05, 4.69) is 20.4 Å². The zero-order valence-electron chi connectivity index (χ0n) is 17.2. The van der Waals surface area contributed by atoms with Gasteiger partial charge in [0.2, 0.25) is 17.6 Å². The summed E-state index contributed by atoms with van der Waals surface area (Å²) in [4.78, 5) is 30.7. The normalized spacial score (nSPS) is 15.0. The van der Waals surface area contributed by atoms with Crippen molar-refractivity contribution in [2.24, 2.45) is 5.92 Å². The van der Waals surface area contributed by atoms with E-state index in [1.807, 2.05) is 0 Å². The molecular weight excluding hydrogens is 399 g/mol. The first-order valence-electron chi connectivity index (χ1n) is 10.2. The molecule has 1 aliphatic rings. The van der Waals surface area contributed by atoms with Gasteiger partial charge in [0, 0.05) is 22.7 Å². The third-order valence-electron chi connectivity index (χ3n) is 5.42. The second-order valence-corrected chi connectivity index (χ2v) is 7.70. The van der Waals surface area contributed by atoms with Gasteiger partial charge in [0.05, 0.1) is 6.54 Å². The van der Waals surface area contributed by atoms with Crippen molar-refractivity contribution in [1.82, 2.24) is 15.0 Å². The maximum absolute atomic E-state index is 13.1. The molecule has 3 aromatic rings. The Hall–Kier alpha value is -3.39. The number of anilines is 1. The molecule has 1 fully saturated rings. The molecule has 0 unspecified atom stereocenters. The molecule has 0 aliphatic carbocycles. The molecule has 1 saturated heterocycles. The van der Waals surface area contributed by atoms with Gasteiger partial charge in [0.1, 0.15) is 5.82 Å². The molecule has 0 bridgehead atoms. The van der Waals surface area contributed by atoms with Crippen LogP contribution >= 0.6 is 0 Å². The minimum absolute atomic E-state index is 0.0308. The van der Waals surface area contributed by atoms with E-state index in [0.717, 1.165) is 25.9 Å². The van der Waals surface area contributed by atoms with E-state index in [1.54, 1.807) is 36.4 Å². The molecule has 31 heavy (non-hydrogen) atoms. The van der Waals surface area contributed by atoms with Crippen molar-refractivity contribution in [3.05, 3.63) is 65.8 Å². The first kappa shape index (κ1) is 20.9. The number of hydrogen-bond acceptors (Lipinski definition) is 6. The van der Waals surface area contributed by atoms with Crippen LogP contribution in [0, 0.1) is 11.7 Å². The molecule has 0 radical (unpaired) electrons. The number of carbonyl (C=O) groups is 2. The number of benzene rings is 2. The number of nitrogens with one attached hydrogen (secondary N) is 1. The van der Waals surface area contributed by atoms with Crippen LogP contribution in [-0.2, 0) is 11.3 Å². The Morgan fingerprint density at radius 3 is 2.61 bits per heavy atom. The summed E-state index contributed by atoms with van der Waals surface area (Å²) in [5.74, 6) is 0.450. The predicted octanol–water partition coefficient (Wildman–Crippen LogP) is 3.93. The van der Waals surface area contributed by atoms with Crippen LogP contribution in [-0.4, -0.2) is 39.8 Å². The van der Waals surface area contributed by atoms with Crippen LogP contribution in [0.3, 0.4) is 0 Å².